The number of aliphatic hydroxyl groups excluding tert-OH is 2. The maximum absolute atomic E-state index is 14.6. The van der Waals surface area contributed by atoms with Gasteiger partial charge >= 0.3 is 0 Å². The number of carbonyl (C=O) groups is 12. The average Bonchev–Trinajstić information content (AvgIpc) is 2.38. The second-order valence-corrected chi connectivity index (χ2v) is 23.8. The molecule has 0 bridgehead atoms. The first-order valence-corrected chi connectivity index (χ1v) is 30.7. The normalized spacial score (nSPS) is 26.6. The van der Waals surface area contributed by atoms with Crippen LogP contribution in [0.2, 0.25) is 0 Å². The second kappa shape index (κ2) is 37.3. The number of carbonyl (C=O) groups excluding carboxylic acids is 12. The van der Waals surface area contributed by atoms with E-state index in [1.807, 2.05) is 48.5 Å². The van der Waals surface area contributed by atoms with Crippen LogP contribution in [0.1, 0.15) is 158 Å². The second-order valence-electron chi connectivity index (χ2n) is 23.8. The molecule has 12 atom stereocenters. The van der Waals surface area contributed by atoms with Crippen molar-refractivity contribution in [2.75, 3.05) is 19.7 Å². The van der Waals surface area contributed by atoms with Crippen LogP contribution in [0.15, 0.2) is 42.1 Å². The Morgan fingerprint density at radius 1 is 0.621 bits per heavy atom. The summed E-state index contributed by atoms with van der Waals surface area (Å²) in [5.74, 6) is -11.1. The maximum Gasteiger partial charge on any atom is 0.270 e. The van der Waals surface area contributed by atoms with Crippen molar-refractivity contribution < 1.29 is 67.7 Å². The summed E-state index contributed by atoms with van der Waals surface area (Å²) >= 11 is 0. The van der Waals surface area contributed by atoms with Gasteiger partial charge in [0.1, 0.15) is 54.0 Å². The minimum Gasteiger partial charge on any atom is -0.396 e. The molecule has 1 aromatic rings. The molecular formula is C61H98N12O14. The third kappa shape index (κ3) is 24.7. The molecule has 2 aliphatic heterocycles. The Hall–Kier alpha value is -7.48. The third-order valence-corrected chi connectivity index (χ3v) is 15.6. The van der Waals surface area contributed by atoms with E-state index in [0.29, 0.717) is 31.2 Å². The number of nitrogens with zero attached hydrogens (tertiary/aromatic N) is 1. The topological polar surface area (TPSA) is 395 Å². The Bertz CT molecular complexity index is 2550. The highest BCUT2D eigenvalue weighted by molar-refractivity contribution is 6.03. The number of nitrogens with one attached hydrogen (secondary N) is 10. The summed E-state index contributed by atoms with van der Waals surface area (Å²) in [6.45, 7) is 16.1. The van der Waals surface area contributed by atoms with Crippen molar-refractivity contribution in [1.82, 2.24) is 58.1 Å². The van der Waals surface area contributed by atoms with Gasteiger partial charge in [-0.15, -0.1) is 0 Å². The maximum atomic E-state index is 14.6. The molecule has 2 heterocycles. The molecule has 26 heteroatoms. The predicted octanol–water partition coefficient (Wildman–Crippen LogP) is 0.0218. The van der Waals surface area contributed by atoms with E-state index in [1.165, 1.54) is 13.0 Å². The zero-order chi connectivity index (χ0) is 65.1. The van der Waals surface area contributed by atoms with Gasteiger partial charge in [0, 0.05) is 44.9 Å². The Morgan fingerprint density at radius 3 is 1.71 bits per heavy atom. The summed E-state index contributed by atoms with van der Waals surface area (Å²) in [5.41, 5.74) is 5.66. The lowest BCUT2D eigenvalue weighted by molar-refractivity contribution is -0.139. The summed E-state index contributed by atoms with van der Waals surface area (Å²) in [7, 11) is 0. The summed E-state index contributed by atoms with van der Waals surface area (Å²) in [4.78, 5) is 169. The Kier molecular flexibility index (Phi) is 31.6. The molecule has 26 nitrogen and oxygen atoms in total. The largest absolute Gasteiger partial charge is 0.396 e. The number of amides is 12. The van der Waals surface area contributed by atoms with Gasteiger partial charge in [0.05, 0.1) is 12.6 Å². The lowest BCUT2D eigenvalue weighted by atomic mass is 9.93. The van der Waals surface area contributed by atoms with Crippen LogP contribution < -0.4 is 58.9 Å². The number of aliphatic hydroxyl groups is 2. The predicted molar refractivity (Wildman–Crippen MR) is 323 cm³/mol. The highest BCUT2D eigenvalue weighted by atomic mass is 16.3. The standard InChI is InChI=1S/C61H98N12O14/c1-11-15-17-22-39-30-49(77)65-42(23-24-48(62)76)54(80)66-41(14-4)61(87)73-33-40(75)31-47(73)58(84)67-43(25-26-74)55(81)69-46(29-38-20-18-16-19-21-38)56(82)68-45(28-35(7)8)57(83)71-52(37(10)13-3)60(86)72-51(36(9)12-2)59(85)70-44(27-34(5)6)53(79)63-32-50(78)64-39/h14,16,18-21,34-37,39-40,42-47,51-52,74-75H,11-13,15,17,22-33H2,1-10H3,(H2,62,76)(H,63,79)(H,64,78)(H,65,77)(H,66,80)(H,67,84)(H,68,82)(H,69,81)(H,70,85)(H,71,83)(H,72,86)/b41-14-/t36-,37-,39?,40-,42-,43-,44-,45-,46-,47+,51+,52+/m1/s1. The average molecular weight is 1220 g/mol. The van der Waals surface area contributed by atoms with Gasteiger partial charge in [-0.05, 0) is 68.3 Å². The molecule has 2 fully saturated rings. The van der Waals surface area contributed by atoms with E-state index in [2.05, 4.69) is 53.2 Å². The van der Waals surface area contributed by atoms with Gasteiger partial charge in [0.2, 0.25) is 65.0 Å². The number of hydrogen-bond donors (Lipinski definition) is 13. The first kappa shape index (κ1) is 73.8. The molecule has 0 spiro atoms. The Balaban J connectivity index is 2.20. The molecule has 0 aliphatic carbocycles. The molecule has 14 N–H and O–H groups in total. The molecule has 486 valence electrons. The first-order chi connectivity index (χ1) is 41.2. The Labute approximate surface area is 511 Å². The molecule has 3 rings (SSSR count). The van der Waals surface area contributed by atoms with Gasteiger partial charge in [0.25, 0.3) is 5.91 Å². The third-order valence-electron chi connectivity index (χ3n) is 15.6. The van der Waals surface area contributed by atoms with Crippen molar-refractivity contribution in [3.05, 3.63) is 47.7 Å². The first-order valence-electron chi connectivity index (χ1n) is 30.7. The minimum absolute atomic E-state index is 0.0630. The van der Waals surface area contributed by atoms with Crippen LogP contribution in [0.3, 0.4) is 0 Å². The van der Waals surface area contributed by atoms with Crippen LogP contribution in [0.4, 0.5) is 0 Å². The quantitative estimate of drug-likeness (QED) is 0.0642. The zero-order valence-corrected chi connectivity index (χ0v) is 52.4. The fraction of sp³-hybridized carbons (Fsp3) is 0.672. The number of fused-ring (bicyclic) bond motifs is 1. The van der Waals surface area contributed by atoms with Crippen molar-refractivity contribution in [2.24, 2.45) is 29.4 Å². The summed E-state index contributed by atoms with van der Waals surface area (Å²) in [6.07, 6.45) is 1.45. The van der Waals surface area contributed by atoms with E-state index in [4.69, 9.17) is 5.73 Å². The highest BCUT2D eigenvalue weighted by Crippen LogP contribution is 2.22. The monoisotopic (exact) mass is 1220 g/mol. The van der Waals surface area contributed by atoms with E-state index in [0.717, 1.165) is 17.7 Å². The van der Waals surface area contributed by atoms with E-state index in [-0.39, 0.29) is 68.9 Å². The van der Waals surface area contributed by atoms with Crippen molar-refractivity contribution in [3.63, 3.8) is 0 Å². The van der Waals surface area contributed by atoms with Gasteiger partial charge in [-0.25, -0.2) is 0 Å². The zero-order valence-electron chi connectivity index (χ0n) is 52.4. The van der Waals surface area contributed by atoms with Gasteiger partial charge < -0.3 is 74.0 Å². The van der Waals surface area contributed by atoms with E-state index in [1.54, 1.807) is 44.2 Å². The van der Waals surface area contributed by atoms with Gasteiger partial charge in [-0.3, -0.25) is 57.5 Å². The number of unbranched alkanes of at least 4 members (excludes halogenated alkanes) is 2. The van der Waals surface area contributed by atoms with Crippen molar-refractivity contribution in [1.29, 1.82) is 0 Å². The summed E-state index contributed by atoms with van der Waals surface area (Å²) in [6, 6.07) is -3.05. The molecule has 1 aromatic carbocycles. The van der Waals surface area contributed by atoms with Crippen LogP contribution in [-0.4, -0.2) is 166 Å². The van der Waals surface area contributed by atoms with Crippen molar-refractivity contribution >= 4 is 70.9 Å². The molecule has 87 heavy (non-hydrogen) atoms. The molecule has 12 amide bonds. The summed E-state index contributed by atoms with van der Waals surface area (Å²) < 4.78 is 0. The number of primary amides is 1. The van der Waals surface area contributed by atoms with Gasteiger partial charge in [-0.2, -0.15) is 0 Å². The lowest BCUT2D eigenvalue weighted by Gasteiger charge is -2.31. The highest BCUT2D eigenvalue weighted by Gasteiger charge is 2.43. The number of benzene rings is 1. The molecule has 0 aromatic heterocycles. The number of allylic oxidation sites excluding steroid dienone is 1. The number of nitrogens with two attached hydrogens (primary N) is 1. The van der Waals surface area contributed by atoms with Crippen molar-refractivity contribution in [3.8, 4) is 0 Å². The van der Waals surface area contributed by atoms with E-state index < -0.39 is 163 Å². The fourth-order valence-corrected chi connectivity index (χ4v) is 10.2. The van der Waals surface area contributed by atoms with Gasteiger partial charge in [0.15, 0.2) is 0 Å². The molecule has 1 unspecified atom stereocenters. The van der Waals surface area contributed by atoms with Crippen LogP contribution >= 0.6 is 0 Å². The van der Waals surface area contributed by atoms with E-state index in [9.17, 15) is 67.7 Å². The fourth-order valence-electron chi connectivity index (χ4n) is 10.2. The van der Waals surface area contributed by atoms with Gasteiger partial charge in [-0.1, -0.05) is 131 Å². The van der Waals surface area contributed by atoms with Crippen molar-refractivity contribution in [2.45, 2.75) is 220 Å². The number of hydrogen-bond acceptors (Lipinski definition) is 14. The van der Waals surface area contributed by atoms with Crippen LogP contribution in [-0.2, 0) is 64.0 Å². The molecule has 2 saturated heterocycles. The lowest BCUT2D eigenvalue weighted by Crippen LogP contribution is -2.62. The van der Waals surface area contributed by atoms with Crippen LogP contribution in [0.25, 0.3) is 0 Å². The van der Waals surface area contributed by atoms with Crippen LogP contribution in [0.5, 0.6) is 0 Å². The molecule has 0 saturated carbocycles. The van der Waals surface area contributed by atoms with E-state index >= 15 is 0 Å². The Morgan fingerprint density at radius 2 is 1.15 bits per heavy atom. The minimum atomic E-state index is -1.54. The smallest absolute Gasteiger partial charge is 0.270 e. The van der Waals surface area contributed by atoms with Crippen LogP contribution in [0, 0.1) is 23.7 Å². The molecule has 0 radical (unpaired) electrons. The summed E-state index contributed by atoms with van der Waals surface area (Å²) in [5, 5.41) is 47.9. The number of rotatable bonds is 19. The molecule has 2 aliphatic rings. The SMILES string of the molecule is C/C=C1\NC(=O)[C@@H](CCC(N)=O)NC(=O)CC(CCCCC)NC(=O)CNC(=O)[C@@H](CC(C)C)NC(=O)[C@H]([C@H](C)CC)NC(=O)[C@H]([C@H](C)CC)NC(=O)[C@@H](CC(C)C)NC(=O)[C@@H](Cc2ccccc2)NC(=O)[C@@H](CCO)NC(=O)[C@@H]2C[C@@H](O)CN2C1=O. The molecular weight excluding hydrogens is 1120 g/mol.